The van der Waals surface area contributed by atoms with E-state index in [1.54, 1.807) is 0 Å². The van der Waals surface area contributed by atoms with Gasteiger partial charge in [0.15, 0.2) is 0 Å². The second-order valence-corrected chi connectivity index (χ2v) is 10.0. The first kappa shape index (κ1) is 23.5. The molecule has 2 heterocycles. The number of rotatable bonds is 9. The highest BCUT2D eigenvalue weighted by Gasteiger charge is 2.26. The fraction of sp³-hybridized carbons (Fsp3) is 0.407. The summed E-state index contributed by atoms with van der Waals surface area (Å²) >= 11 is 1.52. The molecule has 1 saturated heterocycles. The number of amides is 1. The Kier molecular flexibility index (Phi) is 8.13. The fourth-order valence-electron chi connectivity index (χ4n) is 4.27. The third kappa shape index (κ3) is 6.89. The maximum Gasteiger partial charge on any atom is 0.273 e. The number of hydrogen-bond donors (Lipinski definition) is 0. The van der Waals surface area contributed by atoms with Crippen LogP contribution in [0, 0.1) is 12.8 Å². The molecule has 6 heteroatoms. The van der Waals surface area contributed by atoms with Crippen LogP contribution < -0.4 is 4.74 Å². The van der Waals surface area contributed by atoms with Gasteiger partial charge in [-0.3, -0.25) is 4.79 Å². The number of carbonyl (C=O) groups is 1. The molecule has 0 saturated carbocycles. The SMILES string of the molecule is Cc1nc(C(=O)N2CCC[C@@H](COc3ccc(CN(C)CCc4ccccc4)cc3)C2)cs1. The van der Waals surface area contributed by atoms with Crippen molar-refractivity contribution in [1.82, 2.24) is 14.8 Å². The first-order chi connectivity index (χ1) is 16.1. The molecular weight excluding hydrogens is 430 g/mol. The van der Waals surface area contributed by atoms with E-state index in [9.17, 15) is 4.79 Å². The maximum absolute atomic E-state index is 12.7. The van der Waals surface area contributed by atoms with E-state index in [0.717, 1.165) is 56.2 Å². The van der Waals surface area contributed by atoms with Gasteiger partial charge in [-0.1, -0.05) is 42.5 Å². The van der Waals surface area contributed by atoms with Gasteiger partial charge < -0.3 is 14.5 Å². The molecule has 1 aliphatic rings. The van der Waals surface area contributed by atoms with Crippen LogP contribution in [-0.4, -0.2) is 54.0 Å². The molecule has 0 bridgehead atoms. The molecule has 5 nitrogen and oxygen atoms in total. The predicted molar refractivity (Wildman–Crippen MR) is 134 cm³/mol. The van der Waals surface area contributed by atoms with E-state index in [-0.39, 0.29) is 5.91 Å². The molecule has 1 atom stereocenters. The van der Waals surface area contributed by atoms with Crippen molar-refractivity contribution in [3.63, 3.8) is 0 Å². The van der Waals surface area contributed by atoms with E-state index in [1.807, 2.05) is 17.2 Å². The minimum absolute atomic E-state index is 0.0461. The summed E-state index contributed by atoms with van der Waals surface area (Å²) in [7, 11) is 2.16. The number of ether oxygens (including phenoxy) is 1. The average Bonchev–Trinajstić information content (AvgIpc) is 3.29. The molecule has 0 radical (unpaired) electrons. The molecule has 4 rings (SSSR count). The van der Waals surface area contributed by atoms with Crippen LogP contribution in [0.3, 0.4) is 0 Å². The van der Waals surface area contributed by atoms with E-state index in [4.69, 9.17) is 4.74 Å². The number of benzene rings is 2. The molecule has 33 heavy (non-hydrogen) atoms. The minimum atomic E-state index is 0.0461. The zero-order valence-electron chi connectivity index (χ0n) is 19.6. The molecule has 0 aliphatic carbocycles. The number of likely N-dealkylation sites (tertiary alicyclic amines) is 1. The van der Waals surface area contributed by atoms with Gasteiger partial charge in [0.2, 0.25) is 0 Å². The van der Waals surface area contributed by atoms with Gasteiger partial charge in [-0.15, -0.1) is 11.3 Å². The molecule has 2 aromatic carbocycles. The second-order valence-electron chi connectivity index (χ2n) is 8.94. The predicted octanol–water partition coefficient (Wildman–Crippen LogP) is 5.06. The van der Waals surface area contributed by atoms with E-state index in [2.05, 4.69) is 71.5 Å². The number of carbonyl (C=O) groups excluding carboxylic acids is 1. The summed E-state index contributed by atoms with van der Waals surface area (Å²) in [5.41, 5.74) is 3.23. The number of nitrogens with zero attached hydrogens (tertiary/aromatic N) is 3. The Morgan fingerprint density at radius 3 is 2.67 bits per heavy atom. The monoisotopic (exact) mass is 463 g/mol. The lowest BCUT2D eigenvalue weighted by Crippen LogP contribution is -2.41. The number of thiazole rings is 1. The van der Waals surface area contributed by atoms with Crippen LogP contribution in [0.1, 0.15) is 39.5 Å². The van der Waals surface area contributed by atoms with Crippen molar-refractivity contribution in [2.45, 2.75) is 32.7 Å². The van der Waals surface area contributed by atoms with Crippen LogP contribution in [0.5, 0.6) is 5.75 Å². The van der Waals surface area contributed by atoms with Gasteiger partial charge in [0.25, 0.3) is 5.91 Å². The van der Waals surface area contributed by atoms with Gasteiger partial charge >= 0.3 is 0 Å². The number of piperidine rings is 1. The van der Waals surface area contributed by atoms with E-state index in [1.165, 1.54) is 22.5 Å². The topological polar surface area (TPSA) is 45.7 Å². The normalized spacial score (nSPS) is 16.2. The molecule has 1 aromatic heterocycles. The van der Waals surface area contributed by atoms with E-state index < -0.39 is 0 Å². The summed E-state index contributed by atoms with van der Waals surface area (Å²) in [4.78, 5) is 21.3. The summed E-state index contributed by atoms with van der Waals surface area (Å²) in [6, 6.07) is 19.0. The summed E-state index contributed by atoms with van der Waals surface area (Å²) in [6.45, 7) is 6.05. The van der Waals surface area contributed by atoms with Crippen molar-refractivity contribution >= 4 is 17.2 Å². The summed E-state index contributed by atoms with van der Waals surface area (Å²) in [5, 5.41) is 2.79. The van der Waals surface area contributed by atoms with E-state index in [0.29, 0.717) is 18.2 Å². The van der Waals surface area contributed by atoms with Crippen LogP contribution >= 0.6 is 11.3 Å². The van der Waals surface area contributed by atoms with Crippen molar-refractivity contribution in [3.05, 3.63) is 81.8 Å². The zero-order valence-corrected chi connectivity index (χ0v) is 20.4. The Balaban J connectivity index is 1.21. The smallest absolute Gasteiger partial charge is 0.273 e. The van der Waals surface area contributed by atoms with Gasteiger partial charge in [0, 0.05) is 37.5 Å². The standard InChI is InChI=1S/C27H33N3O2S/c1-21-28-26(20-33-21)27(31)30-15-6-9-24(18-30)19-32-25-12-10-23(11-13-25)17-29(2)16-14-22-7-4-3-5-8-22/h3-5,7-8,10-13,20,24H,6,9,14-19H2,1-2H3/t24-/m1/s1. The lowest BCUT2D eigenvalue weighted by atomic mass is 9.98. The second kappa shape index (κ2) is 11.4. The first-order valence-corrected chi connectivity index (χ1v) is 12.6. The van der Waals surface area contributed by atoms with Gasteiger partial charge in [0.05, 0.1) is 11.6 Å². The Labute approximate surface area is 201 Å². The highest BCUT2D eigenvalue weighted by molar-refractivity contribution is 7.09. The Morgan fingerprint density at radius 1 is 1.15 bits per heavy atom. The molecule has 1 amide bonds. The lowest BCUT2D eigenvalue weighted by Gasteiger charge is -2.32. The summed E-state index contributed by atoms with van der Waals surface area (Å²) in [5.74, 6) is 1.29. The zero-order chi connectivity index (χ0) is 23.0. The molecular formula is C27H33N3O2S. The highest BCUT2D eigenvalue weighted by Crippen LogP contribution is 2.21. The van der Waals surface area contributed by atoms with Crippen molar-refractivity contribution in [3.8, 4) is 5.75 Å². The summed E-state index contributed by atoms with van der Waals surface area (Å²) in [6.07, 6.45) is 3.16. The Hall–Kier alpha value is -2.70. The number of hydrogen-bond acceptors (Lipinski definition) is 5. The molecule has 1 fully saturated rings. The average molecular weight is 464 g/mol. The quantitative estimate of drug-likeness (QED) is 0.445. The molecule has 0 unspecified atom stereocenters. The third-order valence-electron chi connectivity index (χ3n) is 6.13. The Morgan fingerprint density at radius 2 is 1.94 bits per heavy atom. The number of aromatic nitrogens is 1. The highest BCUT2D eigenvalue weighted by atomic mass is 32.1. The Bertz CT molecular complexity index is 1020. The van der Waals surface area contributed by atoms with Gasteiger partial charge in [-0.2, -0.15) is 0 Å². The van der Waals surface area contributed by atoms with Crippen LogP contribution in [0.15, 0.2) is 60.0 Å². The van der Waals surface area contributed by atoms with Crippen molar-refractivity contribution in [2.75, 3.05) is 33.3 Å². The van der Waals surface area contributed by atoms with Crippen molar-refractivity contribution < 1.29 is 9.53 Å². The third-order valence-corrected chi connectivity index (χ3v) is 6.90. The largest absolute Gasteiger partial charge is 0.493 e. The molecule has 3 aromatic rings. The molecule has 0 N–H and O–H groups in total. The molecule has 1 aliphatic heterocycles. The number of aryl methyl sites for hydroxylation is 1. The van der Waals surface area contributed by atoms with E-state index >= 15 is 0 Å². The lowest BCUT2D eigenvalue weighted by molar-refractivity contribution is 0.0628. The minimum Gasteiger partial charge on any atom is -0.493 e. The maximum atomic E-state index is 12.7. The molecule has 0 spiro atoms. The van der Waals surface area contributed by atoms with Crippen LogP contribution in [-0.2, 0) is 13.0 Å². The van der Waals surface area contributed by atoms with Crippen molar-refractivity contribution in [1.29, 1.82) is 0 Å². The van der Waals surface area contributed by atoms with Crippen LogP contribution in [0.25, 0.3) is 0 Å². The van der Waals surface area contributed by atoms with Crippen LogP contribution in [0.2, 0.25) is 0 Å². The van der Waals surface area contributed by atoms with Gasteiger partial charge in [0.1, 0.15) is 11.4 Å². The number of likely N-dealkylation sites (N-methyl/N-ethyl adjacent to an activating group) is 1. The van der Waals surface area contributed by atoms with Gasteiger partial charge in [-0.05, 0) is 56.5 Å². The fourth-order valence-corrected chi connectivity index (χ4v) is 4.86. The molecule has 174 valence electrons. The first-order valence-electron chi connectivity index (χ1n) is 11.7. The summed E-state index contributed by atoms with van der Waals surface area (Å²) < 4.78 is 6.08. The van der Waals surface area contributed by atoms with Crippen LogP contribution in [0.4, 0.5) is 0 Å². The van der Waals surface area contributed by atoms with Gasteiger partial charge in [-0.25, -0.2) is 4.98 Å². The van der Waals surface area contributed by atoms with Crippen molar-refractivity contribution in [2.24, 2.45) is 5.92 Å².